The van der Waals surface area contributed by atoms with Crippen molar-refractivity contribution in [3.8, 4) is 5.75 Å². The summed E-state index contributed by atoms with van der Waals surface area (Å²) >= 11 is 0. The Bertz CT molecular complexity index is 461. The number of benzene rings is 1. The lowest BCUT2D eigenvalue weighted by atomic mass is 10.1. The summed E-state index contributed by atoms with van der Waals surface area (Å²) in [7, 11) is 0. The number of hydrogen-bond acceptors (Lipinski definition) is 4. The highest BCUT2D eigenvalue weighted by Crippen LogP contribution is 2.26. The van der Waals surface area contributed by atoms with E-state index in [1.807, 2.05) is 0 Å². The van der Waals surface area contributed by atoms with Crippen molar-refractivity contribution in [3.05, 3.63) is 23.8 Å². The minimum Gasteiger partial charge on any atom is -0.493 e. The molecular weight excluding hydrogens is 275 g/mol. The number of hydrogen-bond donors (Lipinski definition) is 1. The monoisotopic (exact) mass is 291 g/mol. The number of alkyl halides is 3. The van der Waals surface area contributed by atoms with Crippen molar-refractivity contribution >= 4 is 11.7 Å². The van der Waals surface area contributed by atoms with Crippen LogP contribution in [0.15, 0.2) is 18.2 Å². The first kappa shape index (κ1) is 16.1. The van der Waals surface area contributed by atoms with Gasteiger partial charge in [-0.1, -0.05) is 6.07 Å². The number of carbonyl (C=O) groups excluding carboxylic acids is 1. The molecule has 20 heavy (non-hydrogen) atoms. The van der Waals surface area contributed by atoms with Crippen LogP contribution in [0.5, 0.6) is 5.75 Å². The van der Waals surface area contributed by atoms with Crippen molar-refractivity contribution in [2.45, 2.75) is 25.9 Å². The molecule has 0 spiro atoms. The van der Waals surface area contributed by atoms with Gasteiger partial charge in [0.15, 0.2) is 0 Å². The average molecular weight is 291 g/mol. The molecule has 1 aromatic rings. The van der Waals surface area contributed by atoms with Gasteiger partial charge in [-0.2, -0.15) is 13.2 Å². The van der Waals surface area contributed by atoms with Gasteiger partial charge in [0, 0.05) is 12.1 Å². The van der Waals surface area contributed by atoms with Gasteiger partial charge in [-0.25, -0.2) is 4.79 Å². The molecule has 0 aliphatic carbocycles. The number of nitrogen functional groups attached to an aromatic ring is 1. The fourth-order valence-corrected chi connectivity index (χ4v) is 1.55. The Hall–Kier alpha value is -1.92. The van der Waals surface area contributed by atoms with Crippen LogP contribution in [0, 0.1) is 0 Å². The molecule has 0 heterocycles. The minimum absolute atomic E-state index is 0.0429. The molecule has 0 unspecified atom stereocenters. The molecule has 0 aliphatic rings. The van der Waals surface area contributed by atoms with E-state index in [0.29, 0.717) is 6.61 Å². The Kier molecular flexibility index (Phi) is 5.66. The van der Waals surface area contributed by atoms with Crippen LogP contribution in [0.3, 0.4) is 0 Å². The third-order valence-corrected chi connectivity index (χ3v) is 2.40. The summed E-state index contributed by atoms with van der Waals surface area (Å²) in [5, 5.41) is 0. The van der Waals surface area contributed by atoms with Gasteiger partial charge in [-0.15, -0.1) is 0 Å². The topological polar surface area (TPSA) is 61.5 Å². The van der Waals surface area contributed by atoms with Crippen molar-refractivity contribution < 1.29 is 27.4 Å². The Morgan fingerprint density at radius 2 is 2.05 bits per heavy atom. The quantitative estimate of drug-likeness (QED) is 0.497. The Balaban J connectivity index is 2.63. The summed E-state index contributed by atoms with van der Waals surface area (Å²) in [4.78, 5) is 11.8. The maximum Gasteiger partial charge on any atom is 0.389 e. The fourth-order valence-electron chi connectivity index (χ4n) is 1.55. The second kappa shape index (κ2) is 7.02. The lowest BCUT2D eigenvalue weighted by Gasteiger charge is -2.12. The molecule has 0 fully saturated rings. The summed E-state index contributed by atoms with van der Waals surface area (Å²) in [5.41, 5.74) is 5.87. The van der Waals surface area contributed by atoms with E-state index < -0.39 is 18.6 Å². The molecule has 2 N–H and O–H groups in total. The third-order valence-electron chi connectivity index (χ3n) is 2.40. The fraction of sp³-hybridized carbons (Fsp3) is 0.462. The summed E-state index contributed by atoms with van der Waals surface area (Å²) in [6.45, 7) is 1.75. The molecule has 7 heteroatoms. The maximum absolute atomic E-state index is 12.0. The Morgan fingerprint density at radius 1 is 1.35 bits per heavy atom. The van der Waals surface area contributed by atoms with E-state index in [9.17, 15) is 18.0 Å². The molecule has 4 nitrogen and oxygen atoms in total. The van der Waals surface area contributed by atoms with E-state index in [0.717, 1.165) is 0 Å². The van der Waals surface area contributed by atoms with Crippen LogP contribution >= 0.6 is 0 Å². The number of anilines is 1. The van der Waals surface area contributed by atoms with Crippen molar-refractivity contribution in [2.75, 3.05) is 18.9 Å². The second-order valence-electron chi connectivity index (χ2n) is 4.01. The Morgan fingerprint density at radius 3 is 2.65 bits per heavy atom. The van der Waals surface area contributed by atoms with Gasteiger partial charge in [0.25, 0.3) is 0 Å². The van der Waals surface area contributed by atoms with Gasteiger partial charge in [-0.3, -0.25) is 0 Å². The van der Waals surface area contributed by atoms with E-state index in [1.165, 1.54) is 6.07 Å². The van der Waals surface area contributed by atoms with Crippen LogP contribution in [0.2, 0.25) is 0 Å². The van der Waals surface area contributed by atoms with Gasteiger partial charge in [0.1, 0.15) is 11.3 Å². The number of esters is 1. The summed E-state index contributed by atoms with van der Waals surface area (Å²) in [5.74, 6) is -0.526. The SMILES string of the molecule is CCOc1cccc(N)c1C(=O)OCCCC(F)(F)F. The van der Waals surface area contributed by atoms with E-state index in [-0.39, 0.29) is 30.0 Å². The normalized spacial score (nSPS) is 11.2. The highest BCUT2D eigenvalue weighted by Gasteiger charge is 2.26. The highest BCUT2D eigenvalue weighted by molar-refractivity contribution is 5.98. The number of ether oxygens (including phenoxy) is 2. The van der Waals surface area contributed by atoms with E-state index in [1.54, 1.807) is 19.1 Å². The third kappa shape index (κ3) is 4.99. The summed E-state index contributed by atoms with van der Waals surface area (Å²) in [6, 6.07) is 4.65. The lowest BCUT2D eigenvalue weighted by molar-refractivity contribution is -0.137. The zero-order chi connectivity index (χ0) is 15.2. The maximum atomic E-state index is 12.0. The lowest BCUT2D eigenvalue weighted by Crippen LogP contribution is -2.14. The number of halogens is 3. The van der Waals surface area contributed by atoms with Crippen molar-refractivity contribution in [1.29, 1.82) is 0 Å². The summed E-state index contributed by atoms with van der Waals surface area (Å²) < 4.78 is 45.9. The van der Waals surface area contributed by atoms with Crippen molar-refractivity contribution in [2.24, 2.45) is 0 Å². The molecule has 1 aromatic carbocycles. The first-order valence-corrected chi connectivity index (χ1v) is 6.10. The second-order valence-corrected chi connectivity index (χ2v) is 4.01. The molecular formula is C13H16F3NO3. The predicted octanol–water partition coefficient (Wildman–Crippen LogP) is 3.17. The van der Waals surface area contributed by atoms with Gasteiger partial charge in [-0.05, 0) is 25.5 Å². The minimum atomic E-state index is -4.26. The van der Waals surface area contributed by atoms with Crippen LogP contribution in [0.25, 0.3) is 0 Å². The van der Waals surface area contributed by atoms with Crippen molar-refractivity contribution in [3.63, 3.8) is 0 Å². The van der Waals surface area contributed by atoms with E-state index in [2.05, 4.69) is 0 Å². The largest absolute Gasteiger partial charge is 0.493 e. The number of carbonyl (C=O) groups is 1. The van der Waals surface area contributed by atoms with E-state index >= 15 is 0 Å². The molecule has 0 aliphatic heterocycles. The molecule has 0 aromatic heterocycles. The van der Waals surface area contributed by atoms with Crippen LogP contribution in [-0.4, -0.2) is 25.4 Å². The van der Waals surface area contributed by atoms with Gasteiger partial charge in [0.2, 0.25) is 0 Å². The van der Waals surface area contributed by atoms with Gasteiger partial charge >= 0.3 is 12.1 Å². The molecule has 0 saturated carbocycles. The van der Waals surface area contributed by atoms with E-state index in [4.69, 9.17) is 15.2 Å². The van der Waals surface area contributed by atoms with Gasteiger partial charge < -0.3 is 15.2 Å². The van der Waals surface area contributed by atoms with Crippen molar-refractivity contribution in [1.82, 2.24) is 0 Å². The molecule has 0 saturated heterocycles. The summed E-state index contributed by atoms with van der Waals surface area (Å²) in [6.07, 6.45) is -5.54. The zero-order valence-corrected chi connectivity index (χ0v) is 11.0. The standard InChI is InChI=1S/C13H16F3NO3/c1-2-19-10-6-3-5-9(17)11(10)12(18)20-8-4-7-13(14,15)16/h3,5-6H,2,4,7-8,17H2,1H3. The van der Waals surface area contributed by atoms with Crippen LogP contribution in [-0.2, 0) is 4.74 Å². The van der Waals surface area contributed by atoms with Crippen LogP contribution in [0.1, 0.15) is 30.1 Å². The Labute approximate surface area is 114 Å². The first-order valence-electron chi connectivity index (χ1n) is 6.10. The molecule has 0 radical (unpaired) electrons. The van der Waals surface area contributed by atoms with Gasteiger partial charge in [0.05, 0.1) is 13.2 Å². The first-order chi connectivity index (χ1) is 9.35. The smallest absolute Gasteiger partial charge is 0.389 e. The molecule has 0 bridgehead atoms. The molecule has 0 amide bonds. The zero-order valence-electron chi connectivity index (χ0n) is 11.0. The molecule has 1 rings (SSSR count). The predicted molar refractivity (Wildman–Crippen MR) is 67.6 cm³/mol. The number of nitrogens with two attached hydrogens (primary N) is 1. The van der Waals surface area contributed by atoms with Crippen LogP contribution in [0.4, 0.5) is 18.9 Å². The molecule has 112 valence electrons. The number of rotatable bonds is 6. The highest BCUT2D eigenvalue weighted by atomic mass is 19.4. The molecule has 0 atom stereocenters. The average Bonchev–Trinajstić information content (AvgIpc) is 2.34. The van der Waals surface area contributed by atoms with Crippen LogP contribution < -0.4 is 10.5 Å².